The summed E-state index contributed by atoms with van der Waals surface area (Å²) in [5, 5.41) is 8.16. The molecule has 154 valence electrons. The van der Waals surface area contributed by atoms with Crippen molar-refractivity contribution in [3.05, 3.63) is 0 Å². The lowest BCUT2D eigenvalue weighted by atomic mass is 10.1. The molecule has 0 aromatic carbocycles. The molecular weight excluding hydrogens is 352 g/mol. The minimum atomic E-state index is -0.542. The third kappa shape index (κ3) is 9.81. The summed E-state index contributed by atoms with van der Waals surface area (Å²) in [6.45, 7) is 7.10. The molecule has 1 saturated heterocycles. The molecule has 3 N–H and O–H groups in total. The van der Waals surface area contributed by atoms with E-state index in [2.05, 4.69) is 16.0 Å². The maximum atomic E-state index is 11.9. The predicted octanol–water partition coefficient (Wildman–Crippen LogP) is 0.392. The van der Waals surface area contributed by atoms with E-state index < -0.39 is 11.7 Å². The van der Waals surface area contributed by atoms with Crippen molar-refractivity contribution in [2.24, 2.45) is 5.92 Å². The van der Waals surface area contributed by atoms with Gasteiger partial charge in [0, 0.05) is 46.1 Å². The maximum Gasteiger partial charge on any atom is 0.407 e. The molecule has 4 amide bonds. The van der Waals surface area contributed by atoms with Crippen molar-refractivity contribution >= 4 is 23.8 Å². The van der Waals surface area contributed by atoms with Crippen LogP contribution in [0.25, 0.3) is 0 Å². The summed E-state index contributed by atoms with van der Waals surface area (Å²) in [5.41, 5.74) is -0.542. The summed E-state index contributed by atoms with van der Waals surface area (Å²) in [4.78, 5) is 48.1. The second-order valence-electron chi connectivity index (χ2n) is 7.70. The largest absolute Gasteiger partial charge is 0.444 e. The van der Waals surface area contributed by atoms with E-state index in [1.165, 1.54) is 0 Å². The van der Waals surface area contributed by atoms with E-state index in [-0.39, 0.29) is 30.1 Å². The first kappa shape index (κ1) is 22.7. The average molecular weight is 384 g/mol. The Hall–Kier alpha value is -2.32. The van der Waals surface area contributed by atoms with Gasteiger partial charge >= 0.3 is 6.09 Å². The molecule has 9 heteroatoms. The lowest BCUT2D eigenvalue weighted by Gasteiger charge is -2.19. The lowest BCUT2D eigenvalue weighted by Crippen LogP contribution is -2.35. The molecule has 0 radical (unpaired) electrons. The zero-order valence-corrected chi connectivity index (χ0v) is 16.7. The number of hydrogen-bond acceptors (Lipinski definition) is 5. The van der Waals surface area contributed by atoms with E-state index in [9.17, 15) is 19.2 Å². The molecule has 0 spiro atoms. The van der Waals surface area contributed by atoms with Crippen LogP contribution in [0.1, 0.15) is 46.5 Å². The second kappa shape index (κ2) is 10.7. The van der Waals surface area contributed by atoms with Crippen LogP contribution in [0.4, 0.5) is 4.79 Å². The monoisotopic (exact) mass is 384 g/mol. The Morgan fingerprint density at radius 2 is 1.70 bits per heavy atom. The number of likely N-dealkylation sites (tertiary alicyclic amines) is 1. The van der Waals surface area contributed by atoms with Gasteiger partial charge in [0.05, 0.1) is 5.92 Å². The SMILES string of the molecule is CN1CC(C(=O)NCCCNC(=O)CCCNC(=O)OC(C)(C)C)CC1=O. The van der Waals surface area contributed by atoms with Crippen molar-refractivity contribution in [3.63, 3.8) is 0 Å². The van der Waals surface area contributed by atoms with Gasteiger partial charge in [-0.15, -0.1) is 0 Å². The average Bonchev–Trinajstić information content (AvgIpc) is 2.89. The minimum Gasteiger partial charge on any atom is -0.444 e. The molecule has 9 nitrogen and oxygen atoms in total. The number of nitrogens with zero attached hydrogens (tertiary/aromatic N) is 1. The summed E-state index contributed by atoms with van der Waals surface area (Å²) < 4.78 is 5.10. The van der Waals surface area contributed by atoms with Gasteiger partial charge in [0.2, 0.25) is 17.7 Å². The van der Waals surface area contributed by atoms with Gasteiger partial charge in [-0.25, -0.2) is 4.79 Å². The Kier molecular flexibility index (Phi) is 9.04. The first-order valence-corrected chi connectivity index (χ1v) is 9.33. The first-order valence-electron chi connectivity index (χ1n) is 9.33. The minimum absolute atomic E-state index is 0.0106. The van der Waals surface area contributed by atoms with Crippen LogP contribution in [0.15, 0.2) is 0 Å². The van der Waals surface area contributed by atoms with Crippen LogP contribution in [0, 0.1) is 5.92 Å². The number of hydrogen-bond donors (Lipinski definition) is 3. The molecule has 1 unspecified atom stereocenters. The van der Waals surface area contributed by atoms with Crippen molar-refractivity contribution in [1.29, 1.82) is 0 Å². The fourth-order valence-corrected chi connectivity index (χ4v) is 2.55. The van der Waals surface area contributed by atoms with Gasteiger partial charge in [-0.3, -0.25) is 14.4 Å². The van der Waals surface area contributed by atoms with Crippen molar-refractivity contribution in [1.82, 2.24) is 20.9 Å². The van der Waals surface area contributed by atoms with E-state index in [4.69, 9.17) is 4.74 Å². The zero-order valence-electron chi connectivity index (χ0n) is 16.7. The maximum absolute atomic E-state index is 11.9. The highest BCUT2D eigenvalue weighted by molar-refractivity contribution is 5.89. The summed E-state index contributed by atoms with van der Waals surface area (Å²) in [7, 11) is 1.69. The number of ether oxygens (including phenoxy) is 1. The molecule has 0 aromatic rings. The van der Waals surface area contributed by atoms with Crippen LogP contribution in [0.3, 0.4) is 0 Å². The van der Waals surface area contributed by atoms with Crippen molar-refractivity contribution in [2.75, 3.05) is 33.2 Å². The number of alkyl carbamates (subject to hydrolysis) is 1. The number of carbonyl (C=O) groups is 4. The lowest BCUT2D eigenvalue weighted by molar-refractivity contribution is -0.128. The highest BCUT2D eigenvalue weighted by atomic mass is 16.6. The van der Waals surface area contributed by atoms with Gasteiger partial charge in [0.15, 0.2) is 0 Å². The van der Waals surface area contributed by atoms with Crippen LogP contribution in [-0.2, 0) is 19.1 Å². The van der Waals surface area contributed by atoms with Crippen molar-refractivity contribution in [3.8, 4) is 0 Å². The van der Waals surface area contributed by atoms with Crippen molar-refractivity contribution in [2.45, 2.75) is 52.1 Å². The van der Waals surface area contributed by atoms with Crippen LogP contribution >= 0.6 is 0 Å². The summed E-state index contributed by atoms with van der Waals surface area (Å²) >= 11 is 0. The molecular formula is C18H32N4O5. The summed E-state index contributed by atoms with van der Waals surface area (Å²) in [5.74, 6) is -0.513. The van der Waals surface area contributed by atoms with E-state index in [0.29, 0.717) is 45.4 Å². The fraction of sp³-hybridized carbons (Fsp3) is 0.778. The van der Waals surface area contributed by atoms with Crippen LogP contribution in [-0.4, -0.2) is 67.5 Å². The Bertz CT molecular complexity index is 544. The first-order chi connectivity index (χ1) is 12.6. The van der Waals surface area contributed by atoms with Gasteiger partial charge in [0.25, 0.3) is 0 Å². The molecule has 0 saturated carbocycles. The fourth-order valence-electron chi connectivity index (χ4n) is 2.55. The van der Waals surface area contributed by atoms with Crippen molar-refractivity contribution < 1.29 is 23.9 Å². The summed E-state index contributed by atoms with van der Waals surface area (Å²) in [6, 6.07) is 0. The third-order valence-corrected chi connectivity index (χ3v) is 3.94. The highest BCUT2D eigenvalue weighted by Crippen LogP contribution is 2.15. The highest BCUT2D eigenvalue weighted by Gasteiger charge is 2.31. The number of rotatable bonds is 9. The molecule has 0 aliphatic carbocycles. The molecule has 27 heavy (non-hydrogen) atoms. The van der Waals surface area contributed by atoms with Crippen LogP contribution in [0.5, 0.6) is 0 Å². The topological polar surface area (TPSA) is 117 Å². The van der Waals surface area contributed by atoms with E-state index >= 15 is 0 Å². The Balaban J connectivity index is 2.00. The van der Waals surface area contributed by atoms with E-state index in [1.807, 2.05) is 0 Å². The normalized spacial score (nSPS) is 16.8. The third-order valence-electron chi connectivity index (χ3n) is 3.94. The Morgan fingerprint density at radius 1 is 1.07 bits per heavy atom. The molecule has 1 atom stereocenters. The molecule has 0 bridgehead atoms. The second-order valence-corrected chi connectivity index (χ2v) is 7.70. The number of carbonyl (C=O) groups excluding carboxylic acids is 4. The zero-order chi connectivity index (χ0) is 20.4. The molecule has 1 fully saturated rings. The van der Waals surface area contributed by atoms with E-state index in [0.717, 1.165) is 0 Å². The standard InChI is InChI=1S/C18H32N4O5/c1-18(2,3)27-17(26)21-8-5-7-14(23)19-9-6-10-20-16(25)13-11-15(24)22(4)12-13/h13H,5-12H2,1-4H3,(H,19,23)(H,20,25)(H,21,26). The Morgan fingerprint density at radius 3 is 2.30 bits per heavy atom. The number of nitrogens with one attached hydrogen (secondary N) is 3. The summed E-state index contributed by atoms with van der Waals surface area (Å²) in [6.07, 6.45) is 1.21. The van der Waals surface area contributed by atoms with Gasteiger partial charge < -0.3 is 25.6 Å². The van der Waals surface area contributed by atoms with Crippen LogP contribution < -0.4 is 16.0 Å². The molecule has 1 heterocycles. The van der Waals surface area contributed by atoms with Gasteiger partial charge in [-0.1, -0.05) is 0 Å². The Labute approximate surface area is 160 Å². The number of amides is 4. The predicted molar refractivity (Wildman–Crippen MR) is 99.9 cm³/mol. The molecule has 0 aromatic heterocycles. The van der Waals surface area contributed by atoms with E-state index in [1.54, 1.807) is 32.7 Å². The smallest absolute Gasteiger partial charge is 0.407 e. The quantitative estimate of drug-likeness (QED) is 0.497. The van der Waals surface area contributed by atoms with Gasteiger partial charge in [-0.2, -0.15) is 0 Å². The van der Waals surface area contributed by atoms with Crippen LogP contribution in [0.2, 0.25) is 0 Å². The molecule has 1 rings (SSSR count). The van der Waals surface area contributed by atoms with Gasteiger partial charge in [-0.05, 0) is 33.6 Å². The molecule has 1 aliphatic rings. The molecule has 1 aliphatic heterocycles. The van der Waals surface area contributed by atoms with Gasteiger partial charge in [0.1, 0.15) is 5.60 Å².